The van der Waals surface area contributed by atoms with E-state index in [2.05, 4.69) is 4.74 Å². The Bertz CT molecular complexity index is 1780. The molecule has 11 heteroatoms. The van der Waals surface area contributed by atoms with E-state index >= 15 is 8.78 Å². The van der Waals surface area contributed by atoms with Crippen LogP contribution in [-0.4, -0.2) is 0 Å². The molecular weight excluding hydrogens is 662 g/mol. The van der Waals surface area contributed by atoms with Gasteiger partial charge in [-0.05, 0) is 91.5 Å². The number of halogens is 10. The molecule has 260 valence electrons. The van der Waals surface area contributed by atoms with E-state index in [1.807, 2.05) is 6.92 Å². The van der Waals surface area contributed by atoms with Crippen molar-refractivity contribution < 1.29 is 48.6 Å². The van der Waals surface area contributed by atoms with Crippen molar-refractivity contribution >= 4 is 5.83 Å². The van der Waals surface area contributed by atoms with Crippen molar-refractivity contribution in [1.29, 1.82) is 0 Å². The molecule has 49 heavy (non-hydrogen) atoms. The molecule has 0 unspecified atom stereocenters. The summed E-state index contributed by atoms with van der Waals surface area (Å²) >= 11 is 0. The minimum atomic E-state index is -3.97. The summed E-state index contributed by atoms with van der Waals surface area (Å²) in [6.45, 7) is 2.04. The molecule has 0 aromatic heterocycles. The number of hydrogen-bond donors (Lipinski definition) is 0. The zero-order chi connectivity index (χ0) is 35.5. The van der Waals surface area contributed by atoms with Crippen LogP contribution in [0.15, 0.2) is 72.6 Å². The predicted octanol–water partition coefficient (Wildman–Crippen LogP) is 12.6. The zero-order valence-electron chi connectivity index (χ0n) is 26.4. The lowest BCUT2D eigenvalue weighted by atomic mass is 9.77. The van der Waals surface area contributed by atoms with Crippen molar-refractivity contribution in [3.63, 3.8) is 0 Å². The van der Waals surface area contributed by atoms with E-state index in [1.165, 1.54) is 24.3 Å². The molecule has 0 saturated heterocycles. The van der Waals surface area contributed by atoms with Gasteiger partial charge in [-0.25, -0.2) is 35.1 Å². The fraction of sp³-hybridized carbons (Fsp3) is 0.316. The van der Waals surface area contributed by atoms with Gasteiger partial charge in [-0.2, -0.15) is 8.78 Å². The van der Waals surface area contributed by atoms with Gasteiger partial charge in [-0.15, -0.1) is 0 Å². The van der Waals surface area contributed by atoms with Crippen LogP contribution >= 0.6 is 0 Å². The van der Waals surface area contributed by atoms with Crippen molar-refractivity contribution in [2.24, 2.45) is 5.92 Å². The van der Waals surface area contributed by atoms with Crippen molar-refractivity contribution in [3.8, 4) is 16.9 Å². The fourth-order valence-corrected chi connectivity index (χ4v) is 6.18. The van der Waals surface area contributed by atoms with Gasteiger partial charge in [0.1, 0.15) is 29.0 Å². The lowest BCUT2D eigenvalue weighted by Crippen LogP contribution is -2.22. The molecule has 0 amide bonds. The number of allylic oxidation sites excluding steroid dienone is 1. The molecule has 5 rings (SSSR count). The van der Waals surface area contributed by atoms with Gasteiger partial charge >= 0.3 is 6.11 Å². The molecule has 0 aliphatic heterocycles. The molecular formula is C38H32F10O. The summed E-state index contributed by atoms with van der Waals surface area (Å²) in [6, 6.07) is 11.3. The van der Waals surface area contributed by atoms with Crippen LogP contribution in [0, 0.1) is 40.8 Å². The van der Waals surface area contributed by atoms with Crippen LogP contribution in [0.3, 0.4) is 0 Å². The molecule has 0 N–H and O–H groups in total. The fourth-order valence-electron chi connectivity index (χ4n) is 6.18. The number of aryl methyl sites for hydroxylation is 1. The monoisotopic (exact) mass is 694 g/mol. The lowest BCUT2D eigenvalue weighted by molar-refractivity contribution is -0.185. The van der Waals surface area contributed by atoms with E-state index in [-0.39, 0.29) is 42.7 Å². The molecule has 1 aliphatic rings. The second-order valence-corrected chi connectivity index (χ2v) is 12.2. The van der Waals surface area contributed by atoms with Crippen molar-refractivity contribution in [2.75, 3.05) is 0 Å². The van der Waals surface area contributed by atoms with Crippen molar-refractivity contribution in [1.82, 2.24) is 0 Å². The number of unbranched alkanes of at least 4 members (excludes halogenated alkanes) is 2. The van der Waals surface area contributed by atoms with Crippen LogP contribution in [0.2, 0.25) is 0 Å². The number of ether oxygens (including phenoxy) is 1. The van der Waals surface area contributed by atoms with Gasteiger partial charge in [-0.3, -0.25) is 0 Å². The third-order valence-electron chi connectivity index (χ3n) is 8.89. The Labute approximate surface area is 277 Å². The average molecular weight is 695 g/mol. The summed E-state index contributed by atoms with van der Waals surface area (Å²) in [7, 11) is 0. The summed E-state index contributed by atoms with van der Waals surface area (Å²) in [5, 5.41) is 0. The normalized spacial score (nSPS) is 17.2. The quantitative estimate of drug-likeness (QED) is 0.0863. The Morgan fingerprint density at radius 2 is 1.33 bits per heavy atom. The number of benzene rings is 4. The van der Waals surface area contributed by atoms with Gasteiger partial charge < -0.3 is 4.74 Å². The zero-order valence-corrected chi connectivity index (χ0v) is 26.4. The number of alkyl halides is 2. The second kappa shape index (κ2) is 15.1. The topological polar surface area (TPSA) is 9.23 Å². The molecule has 0 bridgehead atoms. The predicted molar refractivity (Wildman–Crippen MR) is 166 cm³/mol. The standard InChI is InChI=1S/C38H32F10O/c1-2-3-4-5-21-6-13-26(14-7-21)38(47,48)49-27-19-30(40)34(31(41)20-27)37(46)35(44)23-10-8-22(9-11-23)24-12-15-28(29(39)16-24)25-17-32(42)36(45)33(43)18-25/h6-7,12-20,22-23H,2-5,8-11H2,1H3. The SMILES string of the molecule is CCCCCc1ccc(C(F)(F)Oc2cc(F)c(C(F)=C(F)C3CCC(c4ccc(-c5cc(F)c(F)c(F)c5)c(F)c4)CC3)c(F)c2)cc1. The molecule has 0 spiro atoms. The smallest absolute Gasteiger partial charge is 0.426 e. The molecule has 4 aromatic carbocycles. The van der Waals surface area contributed by atoms with Gasteiger partial charge in [-0.1, -0.05) is 44.0 Å². The van der Waals surface area contributed by atoms with Gasteiger partial charge in [0, 0.05) is 23.6 Å². The maximum atomic E-state index is 15.3. The average Bonchev–Trinajstić information content (AvgIpc) is 3.06. The first-order valence-corrected chi connectivity index (χ1v) is 15.9. The maximum absolute atomic E-state index is 15.3. The van der Waals surface area contributed by atoms with E-state index in [9.17, 15) is 35.1 Å². The first-order chi connectivity index (χ1) is 23.3. The summed E-state index contributed by atoms with van der Waals surface area (Å²) in [5.74, 6) is -14.2. The molecule has 0 heterocycles. The molecule has 1 saturated carbocycles. The maximum Gasteiger partial charge on any atom is 0.426 e. The number of hydrogen-bond acceptors (Lipinski definition) is 1. The first-order valence-electron chi connectivity index (χ1n) is 15.9. The highest BCUT2D eigenvalue weighted by Crippen LogP contribution is 2.43. The Kier molecular flexibility index (Phi) is 11.1. The Morgan fingerprint density at radius 3 is 1.90 bits per heavy atom. The first kappa shape index (κ1) is 36.0. The van der Waals surface area contributed by atoms with E-state index in [0.717, 1.165) is 43.0 Å². The number of rotatable bonds is 11. The van der Waals surface area contributed by atoms with Crippen molar-refractivity contribution in [3.05, 3.63) is 130 Å². The van der Waals surface area contributed by atoms with Gasteiger partial charge in [0.2, 0.25) is 0 Å². The van der Waals surface area contributed by atoms with E-state index in [4.69, 9.17) is 0 Å². The van der Waals surface area contributed by atoms with Crippen LogP contribution in [0.4, 0.5) is 43.9 Å². The van der Waals surface area contributed by atoms with Crippen LogP contribution in [0.25, 0.3) is 17.0 Å². The lowest BCUT2D eigenvalue weighted by Gasteiger charge is -2.28. The van der Waals surface area contributed by atoms with Crippen LogP contribution in [0.1, 0.15) is 80.0 Å². The van der Waals surface area contributed by atoms with Gasteiger partial charge in [0.15, 0.2) is 23.3 Å². The highest BCUT2D eigenvalue weighted by molar-refractivity contribution is 5.65. The van der Waals surface area contributed by atoms with E-state index in [1.54, 1.807) is 0 Å². The van der Waals surface area contributed by atoms with Crippen molar-refractivity contribution in [2.45, 2.75) is 70.3 Å². The molecule has 1 nitrogen and oxygen atoms in total. The minimum absolute atomic E-state index is 0.0374. The van der Waals surface area contributed by atoms with Crippen LogP contribution in [-0.2, 0) is 12.5 Å². The largest absolute Gasteiger partial charge is 0.429 e. The van der Waals surface area contributed by atoms with E-state index in [0.29, 0.717) is 36.2 Å². The van der Waals surface area contributed by atoms with Gasteiger partial charge in [0.25, 0.3) is 0 Å². The Hall–Kier alpha value is -4.28. The summed E-state index contributed by atoms with van der Waals surface area (Å²) in [5.41, 5.74) is -0.944. The summed E-state index contributed by atoms with van der Waals surface area (Å²) in [6.07, 6.45) is 0.192. The summed E-state index contributed by atoms with van der Waals surface area (Å²) in [4.78, 5) is 0. The molecule has 1 fully saturated rings. The van der Waals surface area contributed by atoms with E-state index < -0.39 is 75.5 Å². The molecule has 0 atom stereocenters. The van der Waals surface area contributed by atoms with Gasteiger partial charge in [0.05, 0.1) is 11.1 Å². The minimum Gasteiger partial charge on any atom is -0.429 e. The van der Waals surface area contributed by atoms with Crippen LogP contribution in [0.5, 0.6) is 5.75 Å². The summed E-state index contributed by atoms with van der Waals surface area (Å²) < 4.78 is 150. The second-order valence-electron chi connectivity index (χ2n) is 12.2. The van der Waals surface area contributed by atoms with Crippen LogP contribution < -0.4 is 4.74 Å². The highest BCUT2D eigenvalue weighted by atomic mass is 19.3. The third-order valence-corrected chi connectivity index (χ3v) is 8.89. The molecule has 1 aliphatic carbocycles. The Morgan fingerprint density at radius 1 is 0.714 bits per heavy atom. The Balaban J connectivity index is 1.25. The third kappa shape index (κ3) is 8.13. The molecule has 0 radical (unpaired) electrons. The highest BCUT2D eigenvalue weighted by Gasteiger charge is 2.36. The molecule has 4 aromatic rings.